The van der Waals surface area contributed by atoms with Crippen LogP contribution in [0.15, 0.2) is 60.7 Å². The summed E-state index contributed by atoms with van der Waals surface area (Å²) in [5, 5.41) is 0. The molecule has 0 spiro atoms. The van der Waals surface area contributed by atoms with Gasteiger partial charge in [0.25, 0.3) is 6.57 Å². The van der Waals surface area contributed by atoms with Crippen molar-refractivity contribution in [3.8, 4) is 5.75 Å². The number of nitrogens with zero attached hydrogens (tertiary/aromatic N) is 2. The number of fused-ring (bicyclic) bond motifs is 1. The summed E-state index contributed by atoms with van der Waals surface area (Å²) in [5.41, 5.74) is 1.18. The summed E-state index contributed by atoms with van der Waals surface area (Å²) in [6, 6.07) is 21.0. The molecule has 4 rings (SSSR count). The van der Waals surface area contributed by atoms with Crippen molar-refractivity contribution in [1.29, 1.82) is 0 Å². The molecule has 2 aromatic rings. The van der Waals surface area contributed by atoms with Crippen molar-refractivity contribution in [3.05, 3.63) is 60.7 Å². The predicted molar refractivity (Wildman–Crippen MR) is 94.9 cm³/mol. The van der Waals surface area contributed by atoms with Crippen LogP contribution in [0.4, 0.5) is 5.69 Å². The van der Waals surface area contributed by atoms with Gasteiger partial charge in [-0.3, -0.25) is 0 Å². The molecule has 0 aliphatic carbocycles. The lowest BCUT2D eigenvalue weighted by Gasteiger charge is -2.33. The first-order valence-electron chi connectivity index (χ1n) is 7.72. The Bertz CT molecular complexity index is 694. The summed E-state index contributed by atoms with van der Waals surface area (Å²) in [5.74, 6) is 0.874. The standard InChI is InChI=1S/C17H19N2OPS/c22-21(20-17-11-5-2-6-12-17)18-13-7-10-16(18)14-19(21)15-8-3-1-4-9-15/h1-6,8-9,11-12,16H,7,10,13-14H2. The van der Waals surface area contributed by atoms with Crippen LogP contribution in [0.25, 0.3) is 0 Å². The van der Waals surface area contributed by atoms with E-state index in [0.29, 0.717) is 6.04 Å². The Labute approximate surface area is 136 Å². The first-order valence-corrected chi connectivity index (χ1v) is 10.3. The minimum atomic E-state index is -2.23. The highest BCUT2D eigenvalue weighted by Gasteiger charge is 2.49. The number of rotatable bonds is 3. The Hall–Kier alpha value is -1.35. The van der Waals surface area contributed by atoms with Crippen LogP contribution in [0.5, 0.6) is 5.75 Å². The van der Waals surface area contributed by atoms with Crippen LogP contribution in [0.1, 0.15) is 12.8 Å². The minimum absolute atomic E-state index is 0.537. The Kier molecular flexibility index (Phi) is 3.69. The van der Waals surface area contributed by atoms with E-state index < -0.39 is 6.57 Å². The monoisotopic (exact) mass is 330 g/mol. The molecule has 3 nitrogen and oxygen atoms in total. The highest BCUT2D eigenvalue weighted by atomic mass is 32.5. The molecule has 22 heavy (non-hydrogen) atoms. The zero-order valence-corrected chi connectivity index (χ0v) is 14.0. The third-order valence-electron chi connectivity index (χ3n) is 4.38. The van der Waals surface area contributed by atoms with Crippen LogP contribution in [0.2, 0.25) is 0 Å². The molecule has 0 amide bonds. The van der Waals surface area contributed by atoms with E-state index in [1.807, 2.05) is 36.4 Å². The second-order valence-electron chi connectivity index (χ2n) is 5.77. The summed E-state index contributed by atoms with van der Waals surface area (Å²) >= 11 is 6.13. The highest BCUT2D eigenvalue weighted by Crippen LogP contribution is 2.63. The summed E-state index contributed by atoms with van der Waals surface area (Å²) < 4.78 is 11.2. The second-order valence-corrected chi connectivity index (χ2v) is 9.36. The molecule has 2 heterocycles. The molecular formula is C17H19N2OPS. The quantitative estimate of drug-likeness (QED) is 0.781. The van der Waals surface area contributed by atoms with Gasteiger partial charge >= 0.3 is 0 Å². The van der Waals surface area contributed by atoms with Crippen molar-refractivity contribution in [3.63, 3.8) is 0 Å². The van der Waals surface area contributed by atoms with Gasteiger partial charge in [-0.2, -0.15) is 0 Å². The number of benzene rings is 2. The molecule has 2 saturated heterocycles. The van der Waals surface area contributed by atoms with Crippen molar-refractivity contribution in [2.75, 3.05) is 17.8 Å². The van der Waals surface area contributed by atoms with Crippen molar-refractivity contribution < 1.29 is 4.52 Å². The maximum atomic E-state index is 6.42. The Morgan fingerprint density at radius 3 is 2.41 bits per heavy atom. The van der Waals surface area contributed by atoms with Crippen LogP contribution >= 0.6 is 6.57 Å². The van der Waals surface area contributed by atoms with Crippen molar-refractivity contribution in [2.45, 2.75) is 18.9 Å². The van der Waals surface area contributed by atoms with Gasteiger partial charge in [-0.15, -0.1) is 0 Å². The van der Waals surface area contributed by atoms with Crippen molar-refractivity contribution in [1.82, 2.24) is 4.67 Å². The Balaban J connectivity index is 1.73. The van der Waals surface area contributed by atoms with Crippen LogP contribution in [0.3, 0.4) is 0 Å². The fourth-order valence-corrected chi connectivity index (χ4v) is 7.43. The normalized spacial score (nSPS) is 27.8. The molecule has 0 N–H and O–H groups in total. The zero-order chi connectivity index (χ0) is 15.0. The third-order valence-corrected chi connectivity index (χ3v) is 8.45. The minimum Gasteiger partial charge on any atom is -0.437 e. The van der Waals surface area contributed by atoms with Crippen LogP contribution in [0, 0.1) is 0 Å². The SMILES string of the molecule is S=P1(Oc2ccccc2)N(c2ccccc2)CC2CCCN21. The van der Waals surface area contributed by atoms with Gasteiger partial charge < -0.3 is 9.19 Å². The fourth-order valence-electron chi connectivity index (χ4n) is 3.35. The van der Waals surface area contributed by atoms with Gasteiger partial charge in [0.1, 0.15) is 5.75 Å². The summed E-state index contributed by atoms with van der Waals surface area (Å²) in [4.78, 5) is 0. The van der Waals surface area contributed by atoms with Gasteiger partial charge in [0.15, 0.2) is 0 Å². The topological polar surface area (TPSA) is 15.7 Å². The van der Waals surface area contributed by atoms with E-state index in [1.54, 1.807) is 0 Å². The smallest absolute Gasteiger partial charge is 0.279 e. The zero-order valence-electron chi connectivity index (χ0n) is 12.3. The highest BCUT2D eigenvalue weighted by molar-refractivity contribution is 8.12. The first-order chi connectivity index (χ1) is 10.8. The Morgan fingerprint density at radius 2 is 1.68 bits per heavy atom. The lowest BCUT2D eigenvalue weighted by molar-refractivity contribution is 0.430. The molecular weight excluding hydrogens is 311 g/mol. The average Bonchev–Trinajstić information content (AvgIpc) is 3.12. The number of anilines is 1. The maximum absolute atomic E-state index is 6.42. The van der Waals surface area contributed by atoms with E-state index in [9.17, 15) is 0 Å². The van der Waals surface area contributed by atoms with E-state index in [1.165, 1.54) is 18.5 Å². The van der Waals surface area contributed by atoms with Gasteiger partial charge in [-0.05, 0) is 48.9 Å². The summed E-state index contributed by atoms with van der Waals surface area (Å²) in [6.07, 6.45) is 2.45. The van der Waals surface area contributed by atoms with Gasteiger partial charge in [0.2, 0.25) is 0 Å². The second kappa shape index (κ2) is 5.69. The van der Waals surface area contributed by atoms with E-state index in [2.05, 4.69) is 33.6 Å². The number of para-hydroxylation sites is 2. The van der Waals surface area contributed by atoms with E-state index >= 15 is 0 Å². The number of hydrogen-bond acceptors (Lipinski definition) is 2. The van der Waals surface area contributed by atoms with Gasteiger partial charge in [-0.1, -0.05) is 36.4 Å². The van der Waals surface area contributed by atoms with Gasteiger partial charge in [0.05, 0.1) is 0 Å². The third kappa shape index (κ3) is 2.36. The molecule has 114 valence electrons. The molecule has 2 atom stereocenters. The van der Waals surface area contributed by atoms with E-state index in [-0.39, 0.29) is 0 Å². The van der Waals surface area contributed by atoms with Gasteiger partial charge in [0, 0.05) is 24.8 Å². The predicted octanol–water partition coefficient (Wildman–Crippen LogP) is 4.27. The Morgan fingerprint density at radius 1 is 1.00 bits per heavy atom. The maximum Gasteiger partial charge on any atom is 0.279 e. The van der Waals surface area contributed by atoms with Gasteiger partial charge in [-0.25, -0.2) is 4.67 Å². The first kappa shape index (κ1) is 14.3. The molecule has 2 aliphatic rings. The molecule has 2 fully saturated rings. The number of hydrogen-bond donors (Lipinski definition) is 0. The molecule has 0 bridgehead atoms. The molecule has 0 aromatic heterocycles. The summed E-state index contributed by atoms with van der Waals surface area (Å²) in [6.45, 7) is -0.194. The fraction of sp³-hybridized carbons (Fsp3) is 0.294. The van der Waals surface area contributed by atoms with Crippen molar-refractivity contribution >= 4 is 24.1 Å². The van der Waals surface area contributed by atoms with Crippen molar-refractivity contribution in [2.24, 2.45) is 0 Å². The summed E-state index contributed by atoms with van der Waals surface area (Å²) in [7, 11) is 0. The van der Waals surface area contributed by atoms with Crippen LogP contribution in [-0.2, 0) is 11.8 Å². The lowest BCUT2D eigenvalue weighted by Crippen LogP contribution is -2.23. The molecule has 2 aromatic carbocycles. The molecule has 0 radical (unpaired) electrons. The molecule has 0 saturated carbocycles. The molecule has 2 unspecified atom stereocenters. The lowest BCUT2D eigenvalue weighted by atomic mass is 10.2. The van der Waals surface area contributed by atoms with Crippen LogP contribution < -0.4 is 9.19 Å². The molecule has 2 aliphatic heterocycles. The average molecular weight is 330 g/mol. The largest absolute Gasteiger partial charge is 0.437 e. The van der Waals surface area contributed by atoms with Crippen LogP contribution in [-0.4, -0.2) is 23.8 Å². The molecule has 5 heteroatoms. The van der Waals surface area contributed by atoms with E-state index in [4.69, 9.17) is 16.3 Å². The van der Waals surface area contributed by atoms with E-state index in [0.717, 1.165) is 18.8 Å².